The quantitative estimate of drug-likeness (QED) is 0.381. The van der Waals surface area contributed by atoms with Crippen LogP contribution >= 0.6 is 22.9 Å². The van der Waals surface area contributed by atoms with Crippen molar-refractivity contribution in [2.75, 3.05) is 19.8 Å². The van der Waals surface area contributed by atoms with E-state index in [9.17, 15) is 8.42 Å². The minimum Gasteiger partial charge on any atom is -0.493 e. The molecule has 1 aromatic heterocycles. The molecule has 0 spiro atoms. The second-order valence-electron chi connectivity index (χ2n) is 7.74. The molecule has 0 N–H and O–H groups in total. The smallest absolute Gasteiger partial charge is 0.244 e. The van der Waals surface area contributed by atoms with Gasteiger partial charge in [0.1, 0.15) is 10.6 Å². The normalized spacial score (nSPS) is 16.5. The van der Waals surface area contributed by atoms with E-state index in [-0.39, 0.29) is 29.1 Å². The van der Waals surface area contributed by atoms with Crippen LogP contribution in [0.3, 0.4) is 0 Å². The lowest BCUT2D eigenvalue weighted by Gasteiger charge is -2.25. The van der Waals surface area contributed by atoms with Gasteiger partial charge in [0.25, 0.3) is 0 Å². The maximum Gasteiger partial charge on any atom is 0.244 e. The van der Waals surface area contributed by atoms with Crippen LogP contribution in [-0.4, -0.2) is 38.6 Å². The molecule has 1 saturated heterocycles. The van der Waals surface area contributed by atoms with E-state index in [0.29, 0.717) is 13.2 Å². The second kappa shape index (κ2) is 10.8. The molecule has 1 aliphatic heterocycles. The predicted molar refractivity (Wildman–Crippen MR) is 128 cm³/mol. The van der Waals surface area contributed by atoms with Gasteiger partial charge in [-0.3, -0.25) is 0 Å². The minimum absolute atomic E-state index is 0.114. The van der Waals surface area contributed by atoms with Crippen LogP contribution in [0.25, 0.3) is 0 Å². The number of thiophene rings is 1. The summed E-state index contributed by atoms with van der Waals surface area (Å²) in [6, 6.07) is 16.2. The Morgan fingerprint density at radius 1 is 1.12 bits per heavy atom. The highest BCUT2D eigenvalue weighted by Crippen LogP contribution is 2.28. The number of halogens is 1. The van der Waals surface area contributed by atoms with Crippen molar-refractivity contribution in [3.8, 4) is 5.75 Å². The lowest BCUT2D eigenvalue weighted by molar-refractivity contribution is 0.0926. The fraction of sp³-hybridized carbons (Fsp3) is 0.333. The molecule has 3 aromatic rings. The first-order valence-electron chi connectivity index (χ1n) is 10.6. The highest BCUT2D eigenvalue weighted by atomic mass is 35.5. The SMILES string of the molecule is O=S(=O)(c1ccccc1Cl)N(Cc1cccc(OCCc2ccsc2)c1)CC1CCCO1. The van der Waals surface area contributed by atoms with E-state index >= 15 is 0 Å². The van der Waals surface area contributed by atoms with Crippen molar-refractivity contribution >= 4 is 33.0 Å². The van der Waals surface area contributed by atoms with Crippen LogP contribution in [0, 0.1) is 0 Å². The average molecular weight is 492 g/mol. The third-order valence-electron chi connectivity index (χ3n) is 5.38. The van der Waals surface area contributed by atoms with E-state index in [0.717, 1.165) is 30.6 Å². The average Bonchev–Trinajstić information content (AvgIpc) is 3.48. The van der Waals surface area contributed by atoms with Crippen molar-refractivity contribution in [3.63, 3.8) is 0 Å². The minimum atomic E-state index is -3.80. The summed E-state index contributed by atoms with van der Waals surface area (Å²) in [5.41, 5.74) is 2.10. The molecule has 2 heterocycles. The molecule has 0 saturated carbocycles. The van der Waals surface area contributed by atoms with Crippen molar-refractivity contribution in [1.82, 2.24) is 4.31 Å². The Labute approximate surface area is 198 Å². The molecule has 0 aliphatic carbocycles. The summed E-state index contributed by atoms with van der Waals surface area (Å²) >= 11 is 7.91. The van der Waals surface area contributed by atoms with Crippen LogP contribution in [0.15, 0.2) is 70.3 Å². The molecular formula is C24H26ClNO4S2. The maximum absolute atomic E-state index is 13.5. The Kier molecular flexibility index (Phi) is 7.86. The Morgan fingerprint density at radius 2 is 2.00 bits per heavy atom. The first-order chi connectivity index (χ1) is 15.5. The lowest BCUT2D eigenvalue weighted by Crippen LogP contribution is -2.37. The van der Waals surface area contributed by atoms with Crippen molar-refractivity contribution < 1.29 is 17.9 Å². The number of sulfonamides is 1. The molecule has 0 amide bonds. The van der Waals surface area contributed by atoms with Crippen molar-refractivity contribution in [3.05, 3.63) is 81.5 Å². The van der Waals surface area contributed by atoms with Gasteiger partial charge in [0.05, 0.1) is 17.7 Å². The van der Waals surface area contributed by atoms with Crippen LogP contribution < -0.4 is 4.74 Å². The topological polar surface area (TPSA) is 55.8 Å². The summed E-state index contributed by atoms with van der Waals surface area (Å²) < 4.78 is 40.1. The molecule has 8 heteroatoms. The second-order valence-corrected chi connectivity index (χ2v) is 10.8. The Hall–Kier alpha value is -1.90. The van der Waals surface area contributed by atoms with Gasteiger partial charge in [0.2, 0.25) is 10.0 Å². The zero-order chi connectivity index (χ0) is 22.4. The third kappa shape index (κ3) is 5.91. The van der Waals surface area contributed by atoms with Gasteiger partial charge >= 0.3 is 0 Å². The number of ether oxygens (including phenoxy) is 2. The predicted octanol–water partition coefficient (Wildman–Crippen LogP) is 5.39. The molecule has 1 unspecified atom stereocenters. The first-order valence-corrected chi connectivity index (χ1v) is 13.4. The molecule has 32 heavy (non-hydrogen) atoms. The zero-order valence-corrected chi connectivity index (χ0v) is 20.0. The molecule has 0 bridgehead atoms. The molecule has 1 fully saturated rings. The molecule has 1 aliphatic rings. The van der Waals surface area contributed by atoms with Gasteiger partial charge in [0.15, 0.2) is 0 Å². The van der Waals surface area contributed by atoms with Gasteiger partial charge in [0, 0.05) is 26.1 Å². The molecule has 4 rings (SSSR count). The number of nitrogens with zero attached hydrogens (tertiary/aromatic N) is 1. The highest BCUT2D eigenvalue weighted by molar-refractivity contribution is 7.89. The Bertz CT molecular complexity index is 1110. The molecular weight excluding hydrogens is 466 g/mol. The van der Waals surface area contributed by atoms with Crippen LogP contribution in [0.4, 0.5) is 0 Å². The fourth-order valence-electron chi connectivity index (χ4n) is 3.72. The van der Waals surface area contributed by atoms with Crippen LogP contribution in [-0.2, 0) is 27.7 Å². The molecule has 1 atom stereocenters. The number of hydrogen-bond donors (Lipinski definition) is 0. The summed E-state index contributed by atoms with van der Waals surface area (Å²) in [4.78, 5) is 0.114. The number of rotatable bonds is 10. The molecule has 5 nitrogen and oxygen atoms in total. The van der Waals surface area contributed by atoms with Gasteiger partial charge in [-0.25, -0.2) is 8.42 Å². The Morgan fingerprint density at radius 3 is 2.75 bits per heavy atom. The first kappa shape index (κ1) is 23.3. The molecule has 170 valence electrons. The van der Waals surface area contributed by atoms with Crippen LogP contribution in [0.2, 0.25) is 5.02 Å². The number of benzene rings is 2. The summed E-state index contributed by atoms with van der Waals surface area (Å²) in [6.07, 6.45) is 2.51. The van der Waals surface area contributed by atoms with E-state index in [4.69, 9.17) is 21.1 Å². The van der Waals surface area contributed by atoms with Gasteiger partial charge in [-0.2, -0.15) is 15.6 Å². The fourth-order valence-corrected chi connectivity index (χ4v) is 6.37. The molecule has 2 aromatic carbocycles. The summed E-state index contributed by atoms with van der Waals surface area (Å²) in [6.45, 7) is 1.74. The van der Waals surface area contributed by atoms with E-state index in [1.54, 1.807) is 35.6 Å². The van der Waals surface area contributed by atoms with Crippen molar-refractivity contribution in [2.24, 2.45) is 0 Å². The largest absolute Gasteiger partial charge is 0.493 e. The van der Waals surface area contributed by atoms with E-state index in [1.165, 1.54) is 9.87 Å². The van der Waals surface area contributed by atoms with E-state index in [2.05, 4.69) is 16.8 Å². The van der Waals surface area contributed by atoms with Crippen molar-refractivity contribution in [1.29, 1.82) is 0 Å². The van der Waals surface area contributed by atoms with Crippen molar-refractivity contribution in [2.45, 2.75) is 36.8 Å². The maximum atomic E-state index is 13.5. The monoisotopic (exact) mass is 491 g/mol. The van der Waals surface area contributed by atoms with E-state index in [1.807, 2.05) is 24.3 Å². The summed E-state index contributed by atoms with van der Waals surface area (Å²) in [7, 11) is -3.80. The lowest BCUT2D eigenvalue weighted by atomic mass is 10.2. The third-order valence-corrected chi connectivity index (χ3v) is 8.43. The van der Waals surface area contributed by atoms with Gasteiger partial charge in [-0.15, -0.1) is 0 Å². The number of hydrogen-bond acceptors (Lipinski definition) is 5. The molecule has 0 radical (unpaired) electrons. The van der Waals surface area contributed by atoms with Gasteiger partial charge in [-0.05, 0) is 65.1 Å². The zero-order valence-electron chi connectivity index (χ0n) is 17.7. The highest BCUT2D eigenvalue weighted by Gasteiger charge is 2.30. The van der Waals surface area contributed by atoms with Gasteiger partial charge in [-0.1, -0.05) is 35.9 Å². The Balaban J connectivity index is 1.51. The van der Waals surface area contributed by atoms with Crippen LogP contribution in [0.1, 0.15) is 24.0 Å². The van der Waals surface area contributed by atoms with Gasteiger partial charge < -0.3 is 9.47 Å². The standard InChI is InChI=1S/C24H26ClNO4S2/c25-23-8-1-2-9-24(23)32(27,28)26(17-22-7-4-12-29-22)16-20-5-3-6-21(15-20)30-13-10-19-11-14-31-18-19/h1-3,5-6,8-9,11,14-15,18,22H,4,7,10,12-13,16-17H2. The van der Waals surface area contributed by atoms with E-state index < -0.39 is 10.0 Å². The summed E-state index contributed by atoms with van der Waals surface area (Å²) in [5, 5.41) is 4.38. The van der Waals surface area contributed by atoms with Crippen LogP contribution in [0.5, 0.6) is 5.75 Å². The summed E-state index contributed by atoms with van der Waals surface area (Å²) in [5.74, 6) is 0.727.